The second-order valence-corrected chi connectivity index (χ2v) is 6.65. The first-order valence-electron chi connectivity index (χ1n) is 9.74. The van der Waals surface area contributed by atoms with Gasteiger partial charge in [0.15, 0.2) is 17.5 Å². The van der Waals surface area contributed by atoms with E-state index in [1.807, 2.05) is 26.0 Å². The van der Waals surface area contributed by atoms with Gasteiger partial charge in [0.2, 0.25) is 0 Å². The lowest BCUT2D eigenvalue weighted by atomic mass is 10.1. The molecule has 0 radical (unpaired) electrons. The molecular formula is C20H35IN4O3. The largest absolute Gasteiger partial charge is 0.490 e. The average Bonchev–Trinajstić information content (AvgIpc) is 2.66. The molecule has 2 rings (SSSR count). The van der Waals surface area contributed by atoms with E-state index >= 15 is 0 Å². The molecule has 1 saturated heterocycles. The zero-order valence-corrected chi connectivity index (χ0v) is 20.0. The fraction of sp³-hybridized carbons (Fsp3) is 0.650. The van der Waals surface area contributed by atoms with E-state index in [0.29, 0.717) is 13.2 Å². The minimum absolute atomic E-state index is 0. The highest BCUT2D eigenvalue weighted by Gasteiger charge is 2.18. The molecule has 1 aromatic rings. The SMILES string of the molecule is CCOc1ccc(C(C)NC(=NC)NCC2CN(C)CCO2)cc1OCC.I. The lowest BCUT2D eigenvalue weighted by Gasteiger charge is -2.30. The van der Waals surface area contributed by atoms with Gasteiger partial charge in [-0.1, -0.05) is 6.07 Å². The monoisotopic (exact) mass is 506 g/mol. The number of nitrogens with one attached hydrogen (secondary N) is 2. The predicted octanol–water partition coefficient (Wildman–Crippen LogP) is 2.66. The van der Waals surface area contributed by atoms with E-state index in [-0.39, 0.29) is 36.1 Å². The van der Waals surface area contributed by atoms with Crippen LogP contribution in [0.2, 0.25) is 0 Å². The molecule has 2 N–H and O–H groups in total. The second-order valence-electron chi connectivity index (χ2n) is 6.65. The molecule has 2 unspecified atom stereocenters. The molecule has 0 spiro atoms. The molecule has 1 heterocycles. The van der Waals surface area contributed by atoms with Crippen molar-refractivity contribution in [2.75, 3.05) is 53.6 Å². The Balaban J connectivity index is 0.00000392. The summed E-state index contributed by atoms with van der Waals surface area (Å²) in [4.78, 5) is 6.61. The molecule has 0 saturated carbocycles. The summed E-state index contributed by atoms with van der Waals surface area (Å²) in [6.07, 6.45) is 0.174. The lowest BCUT2D eigenvalue weighted by molar-refractivity contribution is -0.0161. The van der Waals surface area contributed by atoms with Crippen LogP contribution in [-0.2, 0) is 4.74 Å². The van der Waals surface area contributed by atoms with E-state index < -0.39 is 0 Å². The number of aliphatic imine (C=N–C) groups is 1. The number of benzene rings is 1. The highest BCUT2D eigenvalue weighted by Crippen LogP contribution is 2.30. The van der Waals surface area contributed by atoms with Crippen LogP contribution in [0, 0.1) is 0 Å². The van der Waals surface area contributed by atoms with Gasteiger partial charge in [-0.25, -0.2) is 0 Å². The summed E-state index contributed by atoms with van der Waals surface area (Å²) in [7, 11) is 3.90. The third-order valence-corrected chi connectivity index (χ3v) is 4.48. The van der Waals surface area contributed by atoms with Gasteiger partial charge in [-0.15, -0.1) is 24.0 Å². The van der Waals surface area contributed by atoms with Crippen LogP contribution >= 0.6 is 24.0 Å². The summed E-state index contributed by atoms with van der Waals surface area (Å²) in [6.45, 7) is 10.7. The van der Waals surface area contributed by atoms with Crippen molar-refractivity contribution in [2.24, 2.45) is 4.99 Å². The van der Waals surface area contributed by atoms with Crippen LogP contribution in [0.4, 0.5) is 0 Å². The van der Waals surface area contributed by atoms with Gasteiger partial charge in [-0.2, -0.15) is 0 Å². The first-order chi connectivity index (χ1) is 13.1. The smallest absolute Gasteiger partial charge is 0.191 e. The average molecular weight is 506 g/mol. The maximum atomic E-state index is 5.79. The molecule has 2 atom stereocenters. The molecule has 28 heavy (non-hydrogen) atoms. The number of morpholine rings is 1. The minimum Gasteiger partial charge on any atom is -0.490 e. The normalized spacial score (nSPS) is 18.8. The number of guanidine groups is 1. The molecule has 8 heteroatoms. The van der Waals surface area contributed by atoms with Crippen LogP contribution in [-0.4, -0.2) is 70.5 Å². The first-order valence-corrected chi connectivity index (χ1v) is 9.74. The Bertz CT molecular complexity index is 615. The van der Waals surface area contributed by atoms with Crippen molar-refractivity contribution in [1.82, 2.24) is 15.5 Å². The van der Waals surface area contributed by atoms with Crippen molar-refractivity contribution in [1.29, 1.82) is 0 Å². The molecule has 1 aliphatic heterocycles. The zero-order chi connectivity index (χ0) is 19.6. The summed E-state index contributed by atoms with van der Waals surface area (Å²) >= 11 is 0. The van der Waals surface area contributed by atoms with Crippen LogP contribution in [0.3, 0.4) is 0 Å². The Kier molecular flexibility index (Phi) is 11.6. The van der Waals surface area contributed by atoms with Crippen molar-refractivity contribution in [2.45, 2.75) is 32.9 Å². The van der Waals surface area contributed by atoms with Gasteiger partial charge < -0.3 is 29.7 Å². The maximum Gasteiger partial charge on any atom is 0.191 e. The number of hydrogen-bond donors (Lipinski definition) is 2. The summed E-state index contributed by atoms with van der Waals surface area (Å²) in [5.41, 5.74) is 1.11. The van der Waals surface area contributed by atoms with Gasteiger partial charge in [0.25, 0.3) is 0 Å². The summed E-state index contributed by atoms with van der Waals surface area (Å²) in [6, 6.07) is 6.11. The number of nitrogens with zero attached hydrogens (tertiary/aromatic N) is 2. The Morgan fingerprint density at radius 3 is 2.64 bits per heavy atom. The highest BCUT2D eigenvalue weighted by atomic mass is 127. The molecule has 160 valence electrons. The van der Waals surface area contributed by atoms with Gasteiger partial charge >= 0.3 is 0 Å². The molecule has 1 aromatic carbocycles. The van der Waals surface area contributed by atoms with E-state index in [4.69, 9.17) is 14.2 Å². The van der Waals surface area contributed by atoms with Gasteiger partial charge in [0.1, 0.15) is 0 Å². The highest BCUT2D eigenvalue weighted by molar-refractivity contribution is 14.0. The Morgan fingerprint density at radius 1 is 1.29 bits per heavy atom. The van der Waals surface area contributed by atoms with Gasteiger partial charge in [0.05, 0.1) is 32.0 Å². The van der Waals surface area contributed by atoms with Crippen molar-refractivity contribution in [3.8, 4) is 11.5 Å². The van der Waals surface area contributed by atoms with Crippen LogP contribution in [0.25, 0.3) is 0 Å². The van der Waals surface area contributed by atoms with Crippen molar-refractivity contribution in [3.63, 3.8) is 0 Å². The first kappa shape index (κ1) is 24.8. The van der Waals surface area contributed by atoms with Gasteiger partial charge in [-0.3, -0.25) is 4.99 Å². The van der Waals surface area contributed by atoms with E-state index in [0.717, 1.165) is 49.3 Å². The van der Waals surface area contributed by atoms with E-state index in [9.17, 15) is 0 Å². The van der Waals surface area contributed by atoms with Crippen LogP contribution in [0.1, 0.15) is 32.4 Å². The molecule has 0 aromatic heterocycles. The number of hydrogen-bond acceptors (Lipinski definition) is 5. The summed E-state index contributed by atoms with van der Waals surface area (Å²) in [5, 5.41) is 6.79. The summed E-state index contributed by atoms with van der Waals surface area (Å²) < 4.78 is 17.2. The molecular weight excluding hydrogens is 471 g/mol. The van der Waals surface area contributed by atoms with Crippen molar-refractivity contribution in [3.05, 3.63) is 23.8 Å². The topological polar surface area (TPSA) is 67.4 Å². The third kappa shape index (κ3) is 7.63. The van der Waals surface area contributed by atoms with Gasteiger partial charge in [0, 0.05) is 26.7 Å². The van der Waals surface area contributed by atoms with Crippen LogP contribution < -0.4 is 20.1 Å². The standard InChI is InChI=1S/C20H34N4O3.HI/c1-6-25-18-9-8-16(12-19(18)26-7-2)15(3)23-20(21-4)22-13-17-14-24(5)10-11-27-17;/h8-9,12,15,17H,6-7,10-11,13-14H2,1-5H3,(H2,21,22,23);1H. The predicted molar refractivity (Wildman–Crippen MR) is 124 cm³/mol. The zero-order valence-electron chi connectivity index (χ0n) is 17.7. The molecule has 0 bridgehead atoms. The lowest BCUT2D eigenvalue weighted by Crippen LogP contribution is -2.48. The van der Waals surface area contributed by atoms with E-state index in [1.165, 1.54) is 0 Å². The van der Waals surface area contributed by atoms with Crippen molar-refractivity contribution < 1.29 is 14.2 Å². The fourth-order valence-corrected chi connectivity index (χ4v) is 3.02. The molecule has 0 aliphatic carbocycles. The Morgan fingerprint density at radius 2 is 2.00 bits per heavy atom. The van der Waals surface area contributed by atoms with Crippen molar-refractivity contribution >= 4 is 29.9 Å². The second kappa shape index (κ2) is 13.1. The van der Waals surface area contributed by atoms with Gasteiger partial charge in [-0.05, 0) is 45.5 Å². The number of halogens is 1. The molecule has 7 nitrogen and oxygen atoms in total. The number of ether oxygens (including phenoxy) is 3. The number of likely N-dealkylation sites (N-methyl/N-ethyl adjacent to an activating group) is 1. The number of rotatable bonds is 8. The van der Waals surface area contributed by atoms with E-state index in [2.05, 4.69) is 40.6 Å². The fourth-order valence-electron chi connectivity index (χ4n) is 3.02. The molecule has 1 aliphatic rings. The Hall–Kier alpha value is -1.26. The van der Waals surface area contributed by atoms with E-state index in [1.54, 1.807) is 7.05 Å². The van der Waals surface area contributed by atoms with Crippen LogP contribution in [0.5, 0.6) is 11.5 Å². The Labute approximate surface area is 186 Å². The van der Waals surface area contributed by atoms with Crippen LogP contribution in [0.15, 0.2) is 23.2 Å². The minimum atomic E-state index is 0. The summed E-state index contributed by atoms with van der Waals surface area (Å²) in [5.74, 6) is 2.30. The quantitative estimate of drug-likeness (QED) is 0.321. The maximum absolute atomic E-state index is 5.79. The molecule has 0 amide bonds. The third-order valence-electron chi connectivity index (χ3n) is 4.48. The molecule has 1 fully saturated rings.